The van der Waals surface area contributed by atoms with E-state index in [1.165, 1.54) is 23.3 Å². The third-order valence-electron chi connectivity index (χ3n) is 9.62. The van der Waals surface area contributed by atoms with Crippen molar-refractivity contribution in [3.05, 3.63) is 35.7 Å². The van der Waals surface area contributed by atoms with Crippen molar-refractivity contribution in [2.45, 2.75) is 102 Å². The summed E-state index contributed by atoms with van der Waals surface area (Å²) in [5.41, 5.74) is -0.399. The van der Waals surface area contributed by atoms with Crippen LogP contribution in [0.15, 0.2) is 35.7 Å². The first kappa shape index (κ1) is 39.4. The summed E-state index contributed by atoms with van der Waals surface area (Å²) in [6.45, 7) is 7.00. The molecule has 1 aliphatic carbocycles. The summed E-state index contributed by atoms with van der Waals surface area (Å²) >= 11 is 1.19. The normalized spacial score (nSPS) is 24.9. The molecule has 2 aromatic heterocycles. The summed E-state index contributed by atoms with van der Waals surface area (Å²) < 4.78 is 22.9. The monoisotopic (exact) mass is 777 g/mol. The highest BCUT2D eigenvalue weighted by Gasteiger charge is 2.62. The Kier molecular flexibility index (Phi) is 11.9. The number of nitrogens with zero attached hydrogens (tertiary/aromatic N) is 4. The molecule has 4 heterocycles. The molecule has 2 unspecified atom stereocenters. The smallest absolute Gasteiger partial charge is 0.408 e. The number of aromatic nitrogens is 3. The number of nitrogens with one attached hydrogen (secondary N) is 3. The summed E-state index contributed by atoms with van der Waals surface area (Å²) in [4.78, 5) is 81.9. The number of anilines is 1. The zero-order valence-electron chi connectivity index (χ0n) is 31.6. The molecular formula is C38H47N7O9S. The van der Waals surface area contributed by atoms with Gasteiger partial charge in [0.1, 0.15) is 40.8 Å². The number of rotatable bonds is 9. The lowest BCUT2D eigenvalue weighted by molar-refractivity contribution is -0.150. The van der Waals surface area contributed by atoms with Crippen molar-refractivity contribution in [3.8, 4) is 23.0 Å². The Hall–Kier alpha value is -5.32. The van der Waals surface area contributed by atoms with E-state index in [0.29, 0.717) is 53.3 Å². The number of thiazole rings is 1. The van der Waals surface area contributed by atoms with E-state index < -0.39 is 53.2 Å². The highest BCUT2D eigenvalue weighted by molar-refractivity contribution is 7.14. The van der Waals surface area contributed by atoms with Crippen LogP contribution < -0.4 is 25.4 Å². The molecular weight excluding hydrogens is 731 g/mol. The molecule has 1 aromatic carbocycles. The Balaban J connectivity index is 1.36. The maximum absolute atomic E-state index is 14.5. The van der Waals surface area contributed by atoms with Crippen LogP contribution in [0, 0.1) is 5.92 Å². The fraction of sp³-hybridized carbons (Fsp3) is 0.526. The Bertz CT molecular complexity index is 1960. The summed E-state index contributed by atoms with van der Waals surface area (Å²) in [7, 11) is 1.54. The lowest BCUT2D eigenvalue weighted by atomic mass is 10.0. The Labute approximate surface area is 322 Å². The standard InChI is InChI=1S/C38H47N7O9S/c1-6-52-34(49)38-18-22(38)12-10-8-7-9-11-13-26(43-36(50)54-37(2,3)4)33(48)45-19-24(17-29(45)31(47)44-38)53-32-30(28-20-55-35(42-28)39-21-46)40-25-15-14-23(51-5)16-27(25)41-32/h10,12,14-16,20-22,24,26,29H,6-9,11,13,17-19H2,1-5H3,(H,43,50)(H,44,47)(H,39,42,46)/b12-10-/t22?,24?,26-,29-,38+/m0/s1. The summed E-state index contributed by atoms with van der Waals surface area (Å²) in [6.07, 6.45) is 6.70. The molecule has 55 heavy (non-hydrogen) atoms. The van der Waals surface area contributed by atoms with Crippen molar-refractivity contribution in [1.29, 1.82) is 0 Å². The maximum atomic E-state index is 14.5. The number of hydrogen-bond acceptors (Lipinski definition) is 13. The first-order valence-electron chi connectivity index (χ1n) is 18.5. The number of fused-ring (bicyclic) bond motifs is 3. The van der Waals surface area contributed by atoms with E-state index in [2.05, 4.69) is 20.9 Å². The van der Waals surface area contributed by atoms with Crippen molar-refractivity contribution >= 4 is 57.8 Å². The molecule has 3 N–H and O–H groups in total. The molecule has 16 nitrogen and oxygen atoms in total. The molecule has 0 bridgehead atoms. The van der Waals surface area contributed by atoms with E-state index in [1.807, 2.05) is 12.2 Å². The Morgan fingerprint density at radius 2 is 1.95 bits per heavy atom. The van der Waals surface area contributed by atoms with Gasteiger partial charge in [-0.05, 0) is 65.5 Å². The van der Waals surface area contributed by atoms with Crippen LogP contribution in [0.1, 0.15) is 72.6 Å². The van der Waals surface area contributed by atoms with E-state index in [0.717, 1.165) is 19.3 Å². The number of ether oxygens (including phenoxy) is 4. The van der Waals surface area contributed by atoms with E-state index in [1.54, 1.807) is 51.3 Å². The lowest BCUT2D eigenvalue weighted by Gasteiger charge is -2.30. The molecule has 1 saturated heterocycles. The second kappa shape index (κ2) is 16.6. The molecule has 3 aromatic rings. The molecule has 2 fully saturated rings. The number of hydrogen-bond donors (Lipinski definition) is 3. The molecule has 0 radical (unpaired) electrons. The van der Waals surface area contributed by atoms with Crippen LogP contribution in [-0.2, 0) is 28.7 Å². The van der Waals surface area contributed by atoms with Gasteiger partial charge in [0.2, 0.25) is 24.1 Å². The van der Waals surface area contributed by atoms with Gasteiger partial charge < -0.3 is 39.8 Å². The number of amides is 4. The predicted molar refractivity (Wildman–Crippen MR) is 202 cm³/mol. The van der Waals surface area contributed by atoms with Crippen LogP contribution >= 0.6 is 11.3 Å². The minimum absolute atomic E-state index is 0.0302. The molecule has 17 heteroatoms. The van der Waals surface area contributed by atoms with Crippen molar-refractivity contribution in [3.63, 3.8) is 0 Å². The highest BCUT2D eigenvalue weighted by atomic mass is 32.1. The largest absolute Gasteiger partial charge is 0.497 e. The maximum Gasteiger partial charge on any atom is 0.408 e. The second-order valence-electron chi connectivity index (χ2n) is 14.8. The zero-order valence-corrected chi connectivity index (χ0v) is 32.4. The van der Waals surface area contributed by atoms with Gasteiger partial charge in [-0.3, -0.25) is 14.4 Å². The minimum atomic E-state index is -1.26. The van der Waals surface area contributed by atoms with Gasteiger partial charge in [-0.15, -0.1) is 11.3 Å². The molecule has 1 saturated carbocycles. The number of methoxy groups -OCH3 is 1. The first-order chi connectivity index (χ1) is 26.3. The van der Waals surface area contributed by atoms with Crippen molar-refractivity contribution in [2.24, 2.45) is 5.92 Å². The molecule has 4 amide bonds. The van der Waals surface area contributed by atoms with Crippen LogP contribution in [0.25, 0.3) is 22.4 Å². The van der Waals surface area contributed by atoms with Crippen LogP contribution in [0.2, 0.25) is 0 Å². The first-order valence-corrected chi connectivity index (χ1v) is 19.4. The van der Waals surface area contributed by atoms with Crippen LogP contribution in [0.5, 0.6) is 11.6 Å². The molecule has 294 valence electrons. The van der Waals surface area contributed by atoms with Gasteiger partial charge >= 0.3 is 12.1 Å². The lowest BCUT2D eigenvalue weighted by Crippen LogP contribution is -2.56. The molecule has 2 aliphatic heterocycles. The van der Waals surface area contributed by atoms with E-state index in [9.17, 15) is 24.0 Å². The molecule has 3 aliphatic rings. The highest BCUT2D eigenvalue weighted by Crippen LogP contribution is 2.46. The Morgan fingerprint density at radius 1 is 1.13 bits per heavy atom. The Morgan fingerprint density at radius 3 is 2.69 bits per heavy atom. The van der Waals surface area contributed by atoms with Crippen molar-refractivity contribution in [2.75, 3.05) is 25.6 Å². The van der Waals surface area contributed by atoms with E-state index in [4.69, 9.17) is 28.9 Å². The third kappa shape index (κ3) is 9.15. The van der Waals surface area contributed by atoms with Gasteiger partial charge in [0.15, 0.2) is 10.8 Å². The third-order valence-corrected chi connectivity index (χ3v) is 10.4. The fourth-order valence-electron chi connectivity index (χ4n) is 6.89. The average molecular weight is 778 g/mol. The summed E-state index contributed by atoms with van der Waals surface area (Å²) in [6, 6.07) is 3.12. The van der Waals surface area contributed by atoms with Crippen molar-refractivity contribution < 1.29 is 42.9 Å². The SMILES string of the molecule is CCOC(=O)[C@@]12CC1/C=C\CCCCC[C@H](NC(=O)OC(C)(C)C)C(=O)N1CC(Oc3nc4cc(OC)ccc4nc3-c3csc(NC=O)n3)C[C@H]1C(=O)N2. The molecule has 5 atom stereocenters. The minimum Gasteiger partial charge on any atom is -0.497 e. The second-order valence-corrected chi connectivity index (χ2v) is 15.6. The van der Waals surface area contributed by atoms with Gasteiger partial charge in [-0.2, -0.15) is 0 Å². The molecule has 0 spiro atoms. The topological polar surface area (TPSA) is 200 Å². The number of esters is 1. The number of alkyl carbamates (subject to hydrolysis) is 1. The summed E-state index contributed by atoms with van der Waals surface area (Å²) in [5.74, 6) is -1.19. The number of benzene rings is 1. The predicted octanol–water partition coefficient (Wildman–Crippen LogP) is 4.53. The van der Waals surface area contributed by atoms with Gasteiger partial charge in [-0.1, -0.05) is 25.0 Å². The van der Waals surface area contributed by atoms with Crippen LogP contribution in [0.3, 0.4) is 0 Å². The molecule has 6 rings (SSSR count). The zero-order chi connectivity index (χ0) is 39.3. The van der Waals surface area contributed by atoms with E-state index in [-0.39, 0.29) is 37.1 Å². The fourth-order valence-corrected chi connectivity index (χ4v) is 7.55. The van der Waals surface area contributed by atoms with Crippen LogP contribution in [0.4, 0.5) is 9.93 Å². The average Bonchev–Trinajstić information content (AvgIpc) is 3.41. The van der Waals surface area contributed by atoms with Crippen LogP contribution in [-0.4, -0.2) is 99.7 Å². The number of carbonyl (C=O) groups is 5. The van der Waals surface area contributed by atoms with Gasteiger partial charge in [-0.25, -0.2) is 24.5 Å². The summed E-state index contributed by atoms with van der Waals surface area (Å²) in [5, 5.41) is 10.3. The van der Waals surface area contributed by atoms with E-state index >= 15 is 0 Å². The van der Waals surface area contributed by atoms with Gasteiger partial charge in [0.05, 0.1) is 31.3 Å². The van der Waals surface area contributed by atoms with Gasteiger partial charge in [0, 0.05) is 23.8 Å². The number of carbonyl (C=O) groups excluding carboxylic acids is 5. The van der Waals surface area contributed by atoms with Crippen molar-refractivity contribution in [1.82, 2.24) is 30.5 Å². The quantitative estimate of drug-likeness (QED) is 0.156. The number of allylic oxidation sites excluding steroid dienone is 1. The van der Waals surface area contributed by atoms with Gasteiger partial charge in [0.25, 0.3) is 0 Å².